The molecule has 1 aromatic rings. The second kappa shape index (κ2) is 3.50. The van der Waals surface area contributed by atoms with Crippen LogP contribution in [0, 0.1) is 0 Å². The molecule has 1 unspecified atom stereocenters. The molecule has 3 heteroatoms. The number of aromatic amines is 1. The third kappa shape index (κ3) is 2.31. The van der Waals surface area contributed by atoms with Gasteiger partial charge in [-0.25, -0.2) is 4.98 Å². The van der Waals surface area contributed by atoms with Crippen LogP contribution in [0.25, 0.3) is 0 Å². The maximum absolute atomic E-state index is 5.86. The number of rotatable bonds is 2. The SMILES string of the molecule is CCC(N)c1ncc(C(C)(C)C)[nH]1. The molecule has 0 aliphatic rings. The van der Waals surface area contributed by atoms with Gasteiger partial charge in [-0.1, -0.05) is 27.7 Å². The normalized spacial score (nSPS) is 14.5. The molecule has 0 fully saturated rings. The van der Waals surface area contributed by atoms with Gasteiger partial charge in [0.2, 0.25) is 0 Å². The van der Waals surface area contributed by atoms with E-state index in [0.717, 1.165) is 17.9 Å². The number of imidazole rings is 1. The van der Waals surface area contributed by atoms with Gasteiger partial charge in [0.05, 0.1) is 6.04 Å². The first-order valence-corrected chi connectivity index (χ1v) is 4.76. The molecule has 0 radical (unpaired) electrons. The Bertz CT molecular complexity index is 270. The van der Waals surface area contributed by atoms with E-state index in [4.69, 9.17) is 5.73 Å². The summed E-state index contributed by atoms with van der Waals surface area (Å²) < 4.78 is 0. The average molecular weight is 181 g/mol. The van der Waals surface area contributed by atoms with E-state index in [1.807, 2.05) is 6.20 Å². The summed E-state index contributed by atoms with van der Waals surface area (Å²) >= 11 is 0. The van der Waals surface area contributed by atoms with Gasteiger partial charge in [-0.3, -0.25) is 0 Å². The summed E-state index contributed by atoms with van der Waals surface area (Å²) in [6, 6.07) is 0.0381. The van der Waals surface area contributed by atoms with Gasteiger partial charge in [0.15, 0.2) is 0 Å². The highest BCUT2D eigenvalue weighted by Crippen LogP contribution is 2.21. The highest BCUT2D eigenvalue weighted by molar-refractivity contribution is 5.12. The lowest BCUT2D eigenvalue weighted by molar-refractivity contribution is 0.566. The first-order chi connectivity index (χ1) is 5.95. The van der Waals surface area contributed by atoms with Gasteiger partial charge in [-0.15, -0.1) is 0 Å². The van der Waals surface area contributed by atoms with Crippen LogP contribution in [-0.4, -0.2) is 9.97 Å². The Morgan fingerprint density at radius 3 is 2.54 bits per heavy atom. The van der Waals surface area contributed by atoms with Gasteiger partial charge in [-0.05, 0) is 6.42 Å². The van der Waals surface area contributed by atoms with E-state index in [0.29, 0.717) is 0 Å². The van der Waals surface area contributed by atoms with Crippen LogP contribution >= 0.6 is 0 Å². The van der Waals surface area contributed by atoms with Gasteiger partial charge < -0.3 is 10.7 Å². The van der Waals surface area contributed by atoms with Gasteiger partial charge >= 0.3 is 0 Å². The summed E-state index contributed by atoms with van der Waals surface area (Å²) in [6.07, 6.45) is 2.79. The lowest BCUT2D eigenvalue weighted by Gasteiger charge is -2.15. The summed E-state index contributed by atoms with van der Waals surface area (Å²) in [5.41, 5.74) is 7.13. The fourth-order valence-electron chi connectivity index (χ4n) is 1.10. The van der Waals surface area contributed by atoms with Crippen molar-refractivity contribution in [3.8, 4) is 0 Å². The lowest BCUT2D eigenvalue weighted by atomic mass is 9.93. The average Bonchev–Trinajstić information content (AvgIpc) is 2.50. The van der Waals surface area contributed by atoms with Crippen molar-refractivity contribution >= 4 is 0 Å². The van der Waals surface area contributed by atoms with Crippen LogP contribution in [-0.2, 0) is 5.41 Å². The smallest absolute Gasteiger partial charge is 0.123 e. The molecule has 1 heterocycles. The lowest BCUT2D eigenvalue weighted by Crippen LogP contribution is -2.14. The Morgan fingerprint density at radius 1 is 1.54 bits per heavy atom. The van der Waals surface area contributed by atoms with Crippen LogP contribution in [0.5, 0.6) is 0 Å². The Balaban J connectivity index is 2.87. The molecule has 1 rings (SSSR count). The van der Waals surface area contributed by atoms with Crippen molar-refractivity contribution in [1.29, 1.82) is 0 Å². The summed E-state index contributed by atoms with van der Waals surface area (Å²) in [4.78, 5) is 7.54. The highest BCUT2D eigenvalue weighted by Gasteiger charge is 2.17. The predicted octanol–water partition coefficient (Wildman–Crippen LogP) is 2.12. The number of hydrogen-bond donors (Lipinski definition) is 2. The summed E-state index contributed by atoms with van der Waals surface area (Å²) in [5, 5.41) is 0. The molecule has 74 valence electrons. The van der Waals surface area contributed by atoms with Crippen molar-refractivity contribution in [2.24, 2.45) is 5.73 Å². The maximum atomic E-state index is 5.86. The molecule has 0 aromatic carbocycles. The third-order valence-electron chi connectivity index (χ3n) is 2.19. The van der Waals surface area contributed by atoms with Gasteiger partial charge in [0.25, 0.3) is 0 Å². The molecule has 3 nitrogen and oxygen atoms in total. The second-order valence-corrected chi connectivity index (χ2v) is 4.45. The van der Waals surface area contributed by atoms with E-state index in [1.54, 1.807) is 0 Å². The molecule has 1 atom stereocenters. The minimum atomic E-state index is 0.0381. The van der Waals surface area contributed by atoms with Crippen LogP contribution < -0.4 is 5.73 Å². The predicted molar refractivity (Wildman–Crippen MR) is 54.5 cm³/mol. The monoisotopic (exact) mass is 181 g/mol. The molecular weight excluding hydrogens is 162 g/mol. The van der Waals surface area contributed by atoms with E-state index in [-0.39, 0.29) is 11.5 Å². The molecule has 0 saturated heterocycles. The minimum Gasteiger partial charge on any atom is -0.344 e. The van der Waals surface area contributed by atoms with Crippen molar-refractivity contribution in [2.75, 3.05) is 0 Å². The van der Waals surface area contributed by atoms with Gasteiger partial charge in [0.1, 0.15) is 5.82 Å². The summed E-state index contributed by atoms with van der Waals surface area (Å²) in [6.45, 7) is 8.52. The molecule has 0 spiro atoms. The zero-order valence-corrected chi connectivity index (χ0v) is 8.89. The van der Waals surface area contributed by atoms with Crippen molar-refractivity contribution in [2.45, 2.75) is 45.6 Å². The number of nitrogens with zero attached hydrogens (tertiary/aromatic N) is 1. The van der Waals surface area contributed by atoms with E-state index < -0.39 is 0 Å². The topological polar surface area (TPSA) is 54.7 Å². The van der Waals surface area contributed by atoms with Crippen LogP contribution in [0.4, 0.5) is 0 Å². The van der Waals surface area contributed by atoms with Crippen LogP contribution in [0.1, 0.15) is 51.7 Å². The van der Waals surface area contributed by atoms with Crippen LogP contribution in [0.15, 0.2) is 6.20 Å². The molecule has 0 bridgehead atoms. The number of nitrogens with two attached hydrogens (primary N) is 1. The van der Waals surface area contributed by atoms with Crippen molar-refractivity contribution in [1.82, 2.24) is 9.97 Å². The molecule has 3 N–H and O–H groups in total. The van der Waals surface area contributed by atoms with E-state index in [1.165, 1.54) is 0 Å². The fourth-order valence-corrected chi connectivity index (χ4v) is 1.10. The molecule has 0 saturated carbocycles. The maximum Gasteiger partial charge on any atom is 0.123 e. The quantitative estimate of drug-likeness (QED) is 0.734. The third-order valence-corrected chi connectivity index (χ3v) is 2.19. The summed E-state index contributed by atoms with van der Waals surface area (Å²) in [5.74, 6) is 0.896. The molecule has 0 aliphatic carbocycles. The zero-order chi connectivity index (χ0) is 10.1. The first-order valence-electron chi connectivity index (χ1n) is 4.76. The molecular formula is C10H19N3. The number of aromatic nitrogens is 2. The molecule has 1 aromatic heterocycles. The standard InChI is InChI=1S/C10H19N3/c1-5-7(11)9-12-6-8(13-9)10(2,3)4/h6-7H,5,11H2,1-4H3,(H,12,13). The number of H-pyrrole nitrogens is 1. The first kappa shape index (κ1) is 10.3. The van der Waals surface area contributed by atoms with E-state index in [9.17, 15) is 0 Å². The Kier molecular flexibility index (Phi) is 2.76. The van der Waals surface area contributed by atoms with Crippen LogP contribution in [0.2, 0.25) is 0 Å². The van der Waals surface area contributed by atoms with Gasteiger partial charge in [-0.2, -0.15) is 0 Å². The Hall–Kier alpha value is -0.830. The highest BCUT2D eigenvalue weighted by atomic mass is 15.0. The molecule has 13 heavy (non-hydrogen) atoms. The largest absolute Gasteiger partial charge is 0.344 e. The van der Waals surface area contributed by atoms with Gasteiger partial charge in [0, 0.05) is 17.3 Å². The Labute approximate surface area is 79.8 Å². The van der Waals surface area contributed by atoms with Crippen molar-refractivity contribution < 1.29 is 0 Å². The number of nitrogens with one attached hydrogen (secondary N) is 1. The van der Waals surface area contributed by atoms with Crippen LogP contribution in [0.3, 0.4) is 0 Å². The van der Waals surface area contributed by atoms with E-state index >= 15 is 0 Å². The fraction of sp³-hybridized carbons (Fsp3) is 0.700. The number of hydrogen-bond acceptors (Lipinski definition) is 2. The molecule has 0 amide bonds. The summed E-state index contributed by atoms with van der Waals surface area (Å²) in [7, 11) is 0. The zero-order valence-electron chi connectivity index (χ0n) is 8.89. The molecule has 0 aliphatic heterocycles. The minimum absolute atomic E-state index is 0.0381. The Morgan fingerprint density at radius 2 is 2.15 bits per heavy atom. The second-order valence-electron chi connectivity index (χ2n) is 4.45. The van der Waals surface area contributed by atoms with Crippen molar-refractivity contribution in [3.63, 3.8) is 0 Å². The van der Waals surface area contributed by atoms with Crippen molar-refractivity contribution in [3.05, 3.63) is 17.7 Å². The van der Waals surface area contributed by atoms with E-state index in [2.05, 4.69) is 37.7 Å².